The Hall–Kier alpha value is -2.73. The van der Waals surface area contributed by atoms with E-state index in [1.54, 1.807) is 54.9 Å². The van der Waals surface area contributed by atoms with Gasteiger partial charge in [0.05, 0.1) is 32.6 Å². The Morgan fingerprint density at radius 2 is 2.04 bits per heavy atom. The van der Waals surface area contributed by atoms with Crippen molar-refractivity contribution in [3.63, 3.8) is 0 Å². The average molecular weight is 357 g/mol. The molecular formula is C19H19NO4S. The van der Waals surface area contributed by atoms with Crippen molar-refractivity contribution < 1.29 is 18.7 Å². The number of carbonyl (C=O) groups is 1. The summed E-state index contributed by atoms with van der Waals surface area (Å²) in [7, 11) is 3.12. The SMILES string of the molecule is COc1ccc(C(=O)N(Cc2ccsc2)Cc2ccco2)c(OC)c1. The lowest BCUT2D eigenvalue weighted by atomic mass is 10.1. The maximum Gasteiger partial charge on any atom is 0.258 e. The molecule has 0 aliphatic heterocycles. The Balaban J connectivity index is 1.90. The van der Waals surface area contributed by atoms with Gasteiger partial charge in [0.1, 0.15) is 17.3 Å². The molecule has 3 rings (SSSR count). The number of furan rings is 1. The largest absolute Gasteiger partial charge is 0.497 e. The number of hydrogen-bond acceptors (Lipinski definition) is 5. The fourth-order valence-corrected chi connectivity index (χ4v) is 3.20. The van der Waals surface area contributed by atoms with Crippen molar-refractivity contribution in [1.82, 2.24) is 4.90 Å². The molecule has 1 amide bonds. The highest BCUT2D eigenvalue weighted by atomic mass is 32.1. The second-order valence-electron chi connectivity index (χ2n) is 5.44. The van der Waals surface area contributed by atoms with Crippen molar-refractivity contribution in [3.05, 3.63) is 70.3 Å². The molecule has 25 heavy (non-hydrogen) atoms. The van der Waals surface area contributed by atoms with Crippen molar-refractivity contribution in [2.75, 3.05) is 14.2 Å². The highest BCUT2D eigenvalue weighted by Crippen LogP contribution is 2.27. The summed E-state index contributed by atoms with van der Waals surface area (Å²) in [5.41, 5.74) is 1.57. The monoisotopic (exact) mass is 357 g/mol. The van der Waals surface area contributed by atoms with Crippen LogP contribution in [0.25, 0.3) is 0 Å². The van der Waals surface area contributed by atoms with Crippen molar-refractivity contribution in [1.29, 1.82) is 0 Å². The second kappa shape index (κ2) is 7.90. The molecule has 0 N–H and O–H groups in total. The summed E-state index contributed by atoms with van der Waals surface area (Å²) in [6, 6.07) is 10.9. The minimum Gasteiger partial charge on any atom is -0.497 e. The Bertz CT molecular complexity index is 776. The number of hydrogen-bond donors (Lipinski definition) is 0. The van der Waals surface area contributed by atoms with Crippen molar-refractivity contribution in [3.8, 4) is 11.5 Å². The zero-order valence-electron chi connectivity index (χ0n) is 14.1. The molecule has 6 heteroatoms. The van der Waals surface area contributed by atoms with Crippen LogP contribution in [-0.4, -0.2) is 25.0 Å². The van der Waals surface area contributed by atoms with Gasteiger partial charge >= 0.3 is 0 Å². The Morgan fingerprint density at radius 3 is 2.68 bits per heavy atom. The molecule has 3 aromatic rings. The highest BCUT2D eigenvalue weighted by molar-refractivity contribution is 7.07. The summed E-state index contributed by atoms with van der Waals surface area (Å²) in [6.45, 7) is 0.884. The number of amides is 1. The van der Waals surface area contributed by atoms with E-state index < -0.39 is 0 Å². The average Bonchev–Trinajstić information content (AvgIpc) is 3.34. The third-order valence-electron chi connectivity index (χ3n) is 3.81. The van der Waals surface area contributed by atoms with Gasteiger partial charge in [0.2, 0.25) is 0 Å². The fourth-order valence-electron chi connectivity index (χ4n) is 2.54. The third kappa shape index (κ3) is 4.03. The van der Waals surface area contributed by atoms with E-state index in [-0.39, 0.29) is 5.91 Å². The summed E-state index contributed by atoms with van der Waals surface area (Å²) >= 11 is 1.61. The molecule has 0 saturated carbocycles. The van der Waals surface area contributed by atoms with Gasteiger partial charge in [-0.1, -0.05) is 0 Å². The standard InChI is InChI=1S/C19H19NO4S/c1-22-15-5-6-17(18(10-15)23-2)19(21)20(11-14-7-9-25-13-14)12-16-4-3-8-24-16/h3-10,13H,11-12H2,1-2H3. The number of benzene rings is 1. The van der Waals surface area contributed by atoms with E-state index in [0.717, 1.165) is 11.3 Å². The number of nitrogens with zero attached hydrogens (tertiary/aromatic N) is 1. The topological polar surface area (TPSA) is 51.9 Å². The van der Waals surface area contributed by atoms with Gasteiger partial charge in [0, 0.05) is 12.6 Å². The first-order chi connectivity index (χ1) is 12.2. The van der Waals surface area contributed by atoms with E-state index in [0.29, 0.717) is 30.2 Å². The number of thiophene rings is 1. The Labute approximate surface area is 150 Å². The van der Waals surface area contributed by atoms with E-state index in [1.165, 1.54) is 0 Å². The van der Waals surface area contributed by atoms with E-state index in [4.69, 9.17) is 13.9 Å². The summed E-state index contributed by atoms with van der Waals surface area (Å²) in [6.07, 6.45) is 1.61. The van der Waals surface area contributed by atoms with Crippen LogP contribution in [-0.2, 0) is 13.1 Å². The predicted octanol–water partition coefficient (Wildman–Crippen LogP) is 4.20. The lowest BCUT2D eigenvalue weighted by molar-refractivity contribution is 0.0714. The van der Waals surface area contributed by atoms with E-state index in [1.807, 2.05) is 29.0 Å². The van der Waals surface area contributed by atoms with Gasteiger partial charge in [0.25, 0.3) is 5.91 Å². The summed E-state index contributed by atoms with van der Waals surface area (Å²) in [4.78, 5) is 14.9. The van der Waals surface area contributed by atoms with Crippen LogP contribution in [0.4, 0.5) is 0 Å². The maximum atomic E-state index is 13.1. The lowest BCUT2D eigenvalue weighted by Crippen LogP contribution is -2.30. The van der Waals surface area contributed by atoms with Crippen LogP contribution in [0.3, 0.4) is 0 Å². The van der Waals surface area contributed by atoms with Crippen LogP contribution in [0, 0.1) is 0 Å². The fraction of sp³-hybridized carbons (Fsp3) is 0.211. The normalized spacial score (nSPS) is 10.5. The van der Waals surface area contributed by atoms with Crippen LogP contribution >= 0.6 is 11.3 Å². The van der Waals surface area contributed by atoms with E-state index in [9.17, 15) is 4.79 Å². The van der Waals surface area contributed by atoms with Gasteiger partial charge in [-0.05, 0) is 46.7 Å². The first kappa shape index (κ1) is 17.1. The zero-order chi connectivity index (χ0) is 17.6. The number of rotatable bonds is 7. The van der Waals surface area contributed by atoms with Crippen LogP contribution in [0.15, 0.2) is 57.8 Å². The zero-order valence-corrected chi connectivity index (χ0v) is 14.9. The van der Waals surface area contributed by atoms with Gasteiger partial charge in [-0.3, -0.25) is 4.79 Å². The summed E-state index contributed by atoms with van der Waals surface area (Å²) in [5, 5.41) is 4.03. The predicted molar refractivity (Wildman–Crippen MR) is 96.2 cm³/mol. The van der Waals surface area contributed by atoms with Gasteiger partial charge in [-0.15, -0.1) is 0 Å². The van der Waals surface area contributed by atoms with E-state index in [2.05, 4.69) is 0 Å². The molecule has 0 fully saturated rings. The van der Waals surface area contributed by atoms with Crippen molar-refractivity contribution >= 4 is 17.2 Å². The quantitative estimate of drug-likeness (QED) is 0.636. The van der Waals surface area contributed by atoms with Crippen molar-refractivity contribution in [2.24, 2.45) is 0 Å². The third-order valence-corrected chi connectivity index (χ3v) is 4.54. The molecule has 0 radical (unpaired) electrons. The van der Waals surface area contributed by atoms with Crippen LogP contribution in [0.5, 0.6) is 11.5 Å². The second-order valence-corrected chi connectivity index (χ2v) is 6.22. The minimum atomic E-state index is -0.123. The summed E-state index contributed by atoms with van der Waals surface area (Å²) < 4.78 is 16.0. The van der Waals surface area contributed by atoms with Gasteiger partial charge in [-0.25, -0.2) is 0 Å². The molecule has 0 bridgehead atoms. The molecule has 2 aromatic heterocycles. The molecule has 0 spiro atoms. The van der Waals surface area contributed by atoms with Crippen LogP contribution in [0.1, 0.15) is 21.7 Å². The van der Waals surface area contributed by atoms with Gasteiger partial charge < -0.3 is 18.8 Å². The smallest absolute Gasteiger partial charge is 0.258 e. The van der Waals surface area contributed by atoms with Crippen LogP contribution in [0.2, 0.25) is 0 Å². The number of carbonyl (C=O) groups excluding carboxylic acids is 1. The maximum absolute atomic E-state index is 13.1. The van der Waals surface area contributed by atoms with Crippen molar-refractivity contribution in [2.45, 2.75) is 13.1 Å². The lowest BCUT2D eigenvalue weighted by Gasteiger charge is -2.22. The number of ether oxygens (including phenoxy) is 2. The summed E-state index contributed by atoms with van der Waals surface area (Å²) in [5.74, 6) is 1.74. The molecule has 2 heterocycles. The molecule has 130 valence electrons. The molecule has 0 aliphatic carbocycles. The molecule has 0 aliphatic rings. The molecule has 5 nitrogen and oxygen atoms in total. The highest BCUT2D eigenvalue weighted by Gasteiger charge is 2.22. The first-order valence-electron chi connectivity index (χ1n) is 7.76. The Kier molecular flexibility index (Phi) is 5.40. The van der Waals surface area contributed by atoms with Gasteiger partial charge in [0.15, 0.2) is 0 Å². The first-order valence-corrected chi connectivity index (χ1v) is 8.70. The molecule has 0 unspecified atom stereocenters. The van der Waals surface area contributed by atoms with E-state index >= 15 is 0 Å². The van der Waals surface area contributed by atoms with Crippen LogP contribution < -0.4 is 9.47 Å². The minimum absolute atomic E-state index is 0.123. The number of methoxy groups -OCH3 is 2. The molecular weight excluding hydrogens is 338 g/mol. The molecule has 0 saturated heterocycles. The Morgan fingerprint density at radius 1 is 1.16 bits per heavy atom. The molecule has 0 atom stereocenters. The van der Waals surface area contributed by atoms with Gasteiger partial charge in [-0.2, -0.15) is 11.3 Å². The molecule has 1 aromatic carbocycles.